The van der Waals surface area contributed by atoms with Crippen molar-refractivity contribution in [1.82, 2.24) is 10.6 Å². The maximum Gasteiger partial charge on any atom is 0.416 e. The first-order valence-corrected chi connectivity index (χ1v) is 7.73. The van der Waals surface area contributed by atoms with E-state index < -0.39 is 29.1 Å². The molecule has 0 bridgehead atoms. The lowest BCUT2D eigenvalue weighted by atomic mass is 9.90. The molecule has 0 amide bonds. The summed E-state index contributed by atoms with van der Waals surface area (Å²) >= 11 is 0. The van der Waals surface area contributed by atoms with Crippen LogP contribution >= 0.6 is 0 Å². The number of hydrogen-bond acceptors (Lipinski definition) is 2. The quantitative estimate of drug-likeness (QED) is 0.591. The standard InChI is InChI=1S/C18H18F6N2/c1-25-16(26-2,13-6-4-8-15(10-13)18(22,23)24)11-12-5-3-7-14(9-12)17(19,20)21/h3-10,25-26H,11H2,1-2H3. The molecule has 2 aromatic carbocycles. The molecule has 2 rings (SSSR count). The first-order chi connectivity index (χ1) is 12.0. The smallest absolute Gasteiger partial charge is 0.298 e. The van der Waals surface area contributed by atoms with Crippen molar-refractivity contribution in [3.63, 3.8) is 0 Å². The van der Waals surface area contributed by atoms with Gasteiger partial charge in [-0.1, -0.05) is 30.3 Å². The van der Waals surface area contributed by atoms with Crippen LogP contribution in [0, 0.1) is 0 Å². The minimum atomic E-state index is -4.51. The van der Waals surface area contributed by atoms with E-state index >= 15 is 0 Å². The van der Waals surface area contributed by atoms with Gasteiger partial charge in [0, 0.05) is 6.42 Å². The van der Waals surface area contributed by atoms with Crippen molar-refractivity contribution in [1.29, 1.82) is 0 Å². The maximum absolute atomic E-state index is 13.0. The normalized spacial score (nSPS) is 13.1. The minimum Gasteiger partial charge on any atom is -0.298 e. The van der Waals surface area contributed by atoms with Gasteiger partial charge in [-0.05, 0) is 43.4 Å². The third kappa shape index (κ3) is 4.37. The molecule has 0 unspecified atom stereocenters. The zero-order valence-electron chi connectivity index (χ0n) is 14.1. The minimum absolute atomic E-state index is 0.0191. The van der Waals surface area contributed by atoms with Gasteiger partial charge in [0.05, 0.1) is 16.8 Å². The van der Waals surface area contributed by atoms with E-state index in [1.54, 1.807) is 0 Å². The van der Waals surface area contributed by atoms with Crippen molar-refractivity contribution in [2.45, 2.75) is 24.4 Å². The third-order valence-electron chi connectivity index (χ3n) is 4.26. The maximum atomic E-state index is 13.0. The summed E-state index contributed by atoms with van der Waals surface area (Å²) < 4.78 is 77.8. The van der Waals surface area contributed by atoms with Crippen LogP contribution in [-0.2, 0) is 24.4 Å². The van der Waals surface area contributed by atoms with Gasteiger partial charge >= 0.3 is 12.4 Å². The molecular formula is C18H18F6N2. The largest absolute Gasteiger partial charge is 0.416 e. The van der Waals surface area contributed by atoms with Crippen LogP contribution in [-0.4, -0.2) is 14.1 Å². The zero-order valence-corrected chi connectivity index (χ0v) is 14.1. The van der Waals surface area contributed by atoms with E-state index in [-0.39, 0.29) is 12.0 Å². The Labute approximate surface area is 147 Å². The third-order valence-corrected chi connectivity index (χ3v) is 4.26. The Hall–Kier alpha value is -2.06. The summed E-state index contributed by atoms with van der Waals surface area (Å²) in [6.07, 6.45) is -8.99. The Balaban J connectivity index is 2.46. The lowest BCUT2D eigenvalue weighted by Gasteiger charge is -2.35. The summed E-state index contributed by atoms with van der Waals surface area (Å²) in [5.41, 5.74) is -2.18. The van der Waals surface area contributed by atoms with Gasteiger partial charge in [0.2, 0.25) is 0 Å². The van der Waals surface area contributed by atoms with Gasteiger partial charge in [-0.15, -0.1) is 0 Å². The highest BCUT2D eigenvalue weighted by atomic mass is 19.4. The molecule has 0 spiro atoms. The van der Waals surface area contributed by atoms with Gasteiger partial charge in [0.1, 0.15) is 0 Å². The average molecular weight is 376 g/mol. The monoisotopic (exact) mass is 376 g/mol. The lowest BCUT2D eigenvalue weighted by Crippen LogP contribution is -2.52. The number of alkyl halides is 6. The molecule has 0 atom stereocenters. The molecule has 0 saturated carbocycles. The molecule has 2 nitrogen and oxygen atoms in total. The van der Waals surface area contributed by atoms with Crippen LogP contribution < -0.4 is 10.6 Å². The van der Waals surface area contributed by atoms with Crippen LogP contribution in [0.3, 0.4) is 0 Å². The number of likely N-dealkylation sites (N-methyl/N-ethyl adjacent to an activating group) is 2. The van der Waals surface area contributed by atoms with Crippen molar-refractivity contribution < 1.29 is 26.3 Å². The summed E-state index contributed by atoms with van der Waals surface area (Å²) in [7, 11) is 3.06. The summed E-state index contributed by atoms with van der Waals surface area (Å²) in [4.78, 5) is 0. The molecule has 0 aliphatic carbocycles. The van der Waals surface area contributed by atoms with E-state index in [2.05, 4.69) is 10.6 Å². The summed E-state index contributed by atoms with van der Waals surface area (Å²) in [6, 6.07) is 9.44. The highest BCUT2D eigenvalue weighted by Crippen LogP contribution is 2.34. The second-order valence-corrected chi connectivity index (χ2v) is 5.86. The Bertz CT molecular complexity index is 748. The fourth-order valence-corrected chi connectivity index (χ4v) is 2.82. The van der Waals surface area contributed by atoms with Crippen LogP contribution in [0.4, 0.5) is 26.3 Å². The van der Waals surface area contributed by atoms with Crippen molar-refractivity contribution in [2.75, 3.05) is 14.1 Å². The molecule has 0 aromatic heterocycles. The van der Waals surface area contributed by atoms with E-state index in [1.165, 1.54) is 38.4 Å². The fourth-order valence-electron chi connectivity index (χ4n) is 2.82. The van der Waals surface area contributed by atoms with Crippen LogP contribution in [0.1, 0.15) is 22.3 Å². The van der Waals surface area contributed by atoms with Gasteiger partial charge < -0.3 is 0 Å². The van der Waals surface area contributed by atoms with E-state index in [4.69, 9.17) is 0 Å². The average Bonchev–Trinajstić information content (AvgIpc) is 2.59. The first kappa shape index (κ1) is 20.3. The predicted molar refractivity (Wildman–Crippen MR) is 86.4 cm³/mol. The molecule has 0 radical (unpaired) electrons. The number of nitrogens with one attached hydrogen (secondary N) is 2. The SMILES string of the molecule is CNC(Cc1cccc(C(F)(F)F)c1)(NC)c1cccc(C(F)(F)F)c1. The predicted octanol–water partition coefficient (Wildman–Crippen LogP) is 4.56. The topological polar surface area (TPSA) is 24.1 Å². The van der Waals surface area contributed by atoms with Gasteiger partial charge in [-0.2, -0.15) is 26.3 Å². The zero-order chi connectivity index (χ0) is 19.6. The van der Waals surface area contributed by atoms with Crippen molar-refractivity contribution >= 4 is 0 Å². The second-order valence-electron chi connectivity index (χ2n) is 5.86. The Morgan fingerprint density at radius 2 is 1.15 bits per heavy atom. The van der Waals surface area contributed by atoms with E-state index in [0.717, 1.165) is 24.3 Å². The van der Waals surface area contributed by atoms with Gasteiger partial charge in [0.15, 0.2) is 0 Å². The number of rotatable bonds is 5. The molecule has 8 heteroatoms. The van der Waals surface area contributed by atoms with Crippen LogP contribution in [0.25, 0.3) is 0 Å². The van der Waals surface area contributed by atoms with Crippen molar-refractivity contribution in [2.24, 2.45) is 0 Å². The molecule has 2 N–H and O–H groups in total. The second kappa shape index (κ2) is 7.28. The molecule has 0 aliphatic heterocycles. The van der Waals surface area contributed by atoms with Crippen molar-refractivity contribution in [3.05, 3.63) is 70.8 Å². The molecule has 0 aliphatic rings. The highest BCUT2D eigenvalue weighted by Gasteiger charge is 2.35. The van der Waals surface area contributed by atoms with Gasteiger partial charge in [0.25, 0.3) is 0 Å². The summed E-state index contributed by atoms with van der Waals surface area (Å²) in [5, 5.41) is 5.81. The molecular weight excluding hydrogens is 358 g/mol. The van der Waals surface area contributed by atoms with E-state index in [1.807, 2.05) is 0 Å². The Morgan fingerprint density at radius 3 is 1.65 bits per heavy atom. The number of halogens is 6. The summed E-state index contributed by atoms with van der Waals surface area (Å²) in [6.45, 7) is 0. The molecule has 2 aromatic rings. The highest BCUT2D eigenvalue weighted by molar-refractivity contribution is 5.34. The first-order valence-electron chi connectivity index (χ1n) is 7.73. The molecule has 0 saturated heterocycles. The van der Waals surface area contributed by atoms with E-state index in [0.29, 0.717) is 5.56 Å². The summed E-state index contributed by atoms with van der Waals surface area (Å²) in [5.74, 6) is 0. The van der Waals surface area contributed by atoms with Gasteiger partial charge in [-0.3, -0.25) is 10.6 Å². The lowest BCUT2D eigenvalue weighted by molar-refractivity contribution is -0.138. The molecule has 0 fully saturated rings. The Kier molecular flexibility index (Phi) is 5.67. The fraction of sp³-hybridized carbons (Fsp3) is 0.333. The molecule has 0 heterocycles. The molecule has 142 valence electrons. The van der Waals surface area contributed by atoms with Crippen LogP contribution in [0.2, 0.25) is 0 Å². The number of benzene rings is 2. The molecule has 26 heavy (non-hydrogen) atoms. The van der Waals surface area contributed by atoms with Crippen LogP contribution in [0.5, 0.6) is 0 Å². The van der Waals surface area contributed by atoms with E-state index in [9.17, 15) is 26.3 Å². The Morgan fingerprint density at radius 1 is 0.692 bits per heavy atom. The van der Waals surface area contributed by atoms with Crippen molar-refractivity contribution in [3.8, 4) is 0 Å². The van der Waals surface area contributed by atoms with Gasteiger partial charge in [-0.25, -0.2) is 0 Å². The van der Waals surface area contributed by atoms with Crippen LogP contribution in [0.15, 0.2) is 48.5 Å². The number of hydrogen-bond donors (Lipinski definition) is 2.